The quantitative estimate of drug-likeness (QED) is 0.514. The van der Waals surface area contributed by atoms with Crippen LogP contribution in [0, 0.1) is 17.8 Å². The highest BCUT2D eigenvalue weighted by molar-refractivity contribution is 5.84. The molecule has 0 aromatic rings. The Hall–Kier alpha value is -1.14. The third-order valence-corrected chi connectivity index (χ3v) is 3.10. The molecule has 0 aromatic carbocycles. The van der Waals surface area contributed by atoms with Gasteiger partial charge < -0.3 is 20.7 Å². The van der Waals surface area contributed by atoms with Gasteiger partial charge in [0.05, 0.1) is 19.1 Å². The van der Waals surface area contributed by atoms with E-state index in [-0.39, 0.29) is 12.5 Å². The standard InChI is InChI=1S/C8H11NO5/c9-8(7(12)13)2-14-1-3-4(5(3)8)6(10)11/h3-5H,1-2,9H2,(H,10,11)(H,12,13)/t3-,4+,5-,8+/m0/s1. The molecule has 4 N–H and O–H groups in total. The third-order valence-electron chi connectivity index (χ3n) is 3.10. The van der Waals surface area contributed by atoms with Gasteiger partial charge in [0.15, 0.2) is 0 Å². The Morgan fingerprint density at radius 3 is 2.57 bits per heavy atom. The summed E-state index contributed by atoms with van der Waals surface area (Å²) >= 11 is 0. The highest BCUT2D eigenvalue weighted by Crippen LogP contribution is 2.54. The number of hydrogen-bond donors (Lipinski definition) is 3. The maximum absolute atomic E-state index is 10.9. The summed E-state index contributed by atoms with van der Waals surface area (Å²) in [5.41, 5.74) is 4.11. The Balaban J connectivity index is 2.22. The van der Waals surface area contributed by atoms with Crippen molar-refractivity contribution in [3.8, 4) is 0 Å². The Kier molecular flexibility index (Phi) is 1.80. The van der Waals surface area contributed by atoms with Crippen LogP contribution in [0.3, 0.4) is 0 Å². The van der Waals surface area contributed by atoms with Crippen LogP contribution in [0.25, 0.3) is 0 Å². The van der Waals surface area contributed by atoms with E-state index >= 15 is 0 Å². The van der Waals surface area contributed by atoms with Crippen molar-refractivity contribution in [3.05, 3.63) is 0 Å². The van der Waals surface area contributed by atoms with Crippen molar-refractivity contribution in [1.29, 1.82) is 0 Å². The molecule has 0 amide bonds. The van der Waals surface area contributed by atoms with Crippen LogP contribution in [0.15, 0.2) is 0 Å². The molecule has 6 nitrogen and oxygen atoms in total. The van der Waals surface area contributed by atoms with Crippen molar-refractivity contribution >= 4 is 11.9 Å². The van der Waals surface area contributed by atoms with Crippen molar-refractivity contribution in [2.24, 2.45) is 23.5 Å². The molecule has 4 atom stereocenters. The first-order valence-electron chi connectivity index (χ1n) is 4.31. The first kappa shape index (κ1) is 9.42. The minimum absolute atomic E-state index is 0.104. The molecule has 78 valence electrons. The lowest BCUT2D eigenvalue weighted by molar-refractivity contribution is -0.149. The van der Waals surface area contributed by atoms with Crippen LogP contribution in [0.5, 0.6) is 0 Å². The van der Waals surface area contributed by atoms with E-state index in [1.807, 2.05) is 0 Å². The molecule has 2 aliphatic rings. The summed E-state index contributed by atoms with van der Waals surface area (Å²) < 4.78 is 5.01. The van der Waals surface area contributed by atoms with E-state index in [9.17, 15) is 9.59 Å². The molecule has 2 rings (SSSR count). The molecule has 1 aliphatic heterocycles. The number of hydrogen-bond acceptors (Lipinski definition) is 4. The number of ether oxygens (including phenoxy) is 1. The molecule has 1 heterocycles. The fraction of sp³-hybridized carbons (Fsp3) is 0.750. The van der Waals surface area contributed by atoms with Crippen LogP contribution >= 0.6 is 0 Å². The van der Waals surface area contributed by atoms with E-state index in [0.717, 1.165) is 0 Å². The normalized spacial score (nSPS) is 45.4. The van der Waals surface area contributed by atoms with Crippen LogP contribution in [0.1, 0.15) is 0 Å². The maximum Gasteiger partial charge on any atom is 0.326 e. The number of aliphatic carboxylic acids is 2. The number of carbonyl (C=O) groups is 2. The summed E-state index contributed by atoms with van der Waals surface area (Å²) in [6.07, 6.45) is 0. The van der Waals surface area contributed by atoms with Gasteiger partial charge in [0, 0.05) is 11.8 Å². The minimum atomic E-state index is -1.52. The van der Waals surface area contributed by atoms with Gasteiger partial charge in [-0.2, -0.15) is 0 Å². The summed E-state index contributed by atoms with van der Waals surface area (Å²) in [6.45, 7) is 0.196. The predicted octanol–water partition coefficient (Wildman–Crippen LogP) is -1.25. The van der Waals surface area contributed by atoms with Gasteiger partial charge in [-0.25, -0.2) is 0 Å². The number of carboxylic acid groups (broad SMARTS) is 2. The molecule has 1 saturated heterocycles. The predicted molar refractivity (Wildman–Crippen MR) is 43.5 cm³/mol. The molecule has 0 radical (unpaired) electrons. The molecule has 0 bridgehead atoms. The zero-order valence-electron chi connectivity index (χ0n) is 7.34. The van der Waals surface area contributed by atoms with Crippen LogP contribution in [0.4, 0.5) is 0 Å². The lowest BCUT2D eigenvalue weighted by Gasteiger charge is -2.28. The molecule has 0 unspecified atom stereocenters. The summed E-state index contributed by atoms with van der Waals surface area (Å²) in [7, 11) is 0. The van der Waals surface area contributed by atoms with Gasteiger partial charge in [0.1, 0.15) is 5.54 Å². The van der Waals surface area contributed by atoms with Crippen molar-refractivity contribution in [2.75, 3.05) is 13.2 Å². The number of carboxylic acids is 2. The zero-order chi connectivity index (χ0) is 10.5. The lowest BCUT2D eigenvalue weighted by Crippen LogP contribution is -2.56. The Labute approximate surface area is 79.6 Å². The van der Waals surface area contributed by atoms with E-state index in [1.54, 1.807) is 0 Å². The van der Waals surface area contributed by atoms with Crippen molar-refractivity contribution in [3.63, 3.8) is 0 Å². The average Bonchev–Trinajstić information content (AvgIpc) is 2.79. The maximum atomic E-state index is 10.9. The van der Waals surface area contributed by atoms with Crippen molar-refractivity contribution in [1.82, 2.24) is 0 Å². The molecule has 0 spiro atoms. The van der Waals surface area contributed by atoms with E-state index in [2.05, 4.69) is 0 Å². The Bertz CT molecular complexity index is 304. The monoisotopic (exact) mass is 201 g/mol. The second-order valence-electron chi connectivity index (χ2n) is 3.91. The summed E-state index contributed by atoms with van der Waals surface area (Å²) in [6, 6.07) is 0. The second-order valence-corrected chi connectivity index (χ2v) is 3.91. The van der Waals surface area contributed by atoms with E-state index in [1.165, 1.54) is 0 Å². The lowest BCUT2D eigenvalue weighted by atomic mass is 9.92. The smallest absolute Gasteiger partial charge is 0.326 e. The molecule has 14 heavy (non-hydrogen) atoms. The molecule has 6 heteroatoms. The summed E-state index contributed by atoms with van der Waals surface area (Å²) in [5, 5.41) is 17.7. The van der Waals surface area contributed by atoms with E-state index in [0.29, 0.717) is 6.61 Å². The van der Waals surface area contributed by atoms with E-state index < -0.39 is 29.3 Å². The summed E-state index contributed by atoms with van der Waals surface area (Å²) in [4.78, 5) is 21.6. The van der Waals surface area contributed by atoms with Gasteiger partial charge in [0.2, 0.25) is 0 Å². The van der Waals surface area contributed by atoms with Crippen molar-refractivity contribution < 1.29 is 24.5 Å². The van der Waals surface area contributed by atoms with Gasteiger partial charge in [-0.3, -0.25) is 9.59 Å². The number of nitrogens with two attached hydrogens (primary N) is 1. The Morgan fingerprint density at radius 1 is 1.43 bits per heavy atom. The van der Waals surface area contributed by atoms with Gasteiger partial charge in [-0.15, -0.1) is 0 Å². The SMILES string of the molecule is N[C@]1(C(=O)O)COC[C@H]2[C@@H](C(=O)O)[C@H]21. The molecule has 0 aromatic heterocycles. The summed E-state index contributed by atoms with van der Waals surface area (Å²) in [5.74, 6) is -3.54. The minimum Gasteiger partial charge on any atom is -0.481 e. The second kappa shape index (κ2) is 2.68. The highest BCUT2D eigenvalue weighted by atomic mass is 16.5. The number of fused-ring (bicyclic) bond motifs is 1. The fourth-order valence-corrected chi connectivity index (χ4v) is 2.28. The van der Waals surface area contributed by atoms with Gasteiger partial charge in [0.25, 0.3) is 0 Å². The average molecular weight is 201 g/mol. The van der Waals surface area contributed by atoms with Crippen LogP contribution in [-0.4, -0.2) is 40.9 Å². The van der Waals surface area contributed by atoms with Crippen LogP contribution < -0.4 is 5.73 Å². The Morgan fingerprint density at radius 2 is 2.07 bits per heavy atom. The highest BCUT2D eigenvalue weighted by Gasteiger charge is 2.68. The third kappa shape index (κ3) is 1.04. The zero-order valence-corrected chi connectivity index (χ0v) is 7.34. The molecular formula is C8H11NO5. The molecule has 1 saturated carbocycles. The first-order valence-corrected chi connectivity index (χ1v) is 4.31. The van der Waals surface area contributed by atoms with Crippen LogP contribution in [-0.2, 0) is 14.3 Å². The van der Waals surface area contributed by atoms with Gasteiger partial charge >= 0.3 is 11.9 Å². The first-order chi connectivity index (χ1) is 6.48. The largest absolute Gasteiger partial charge is 0.481 e. The van der Waals surface area contributed by atoms with Crippen LogP contribution in [0.2, 0.25) is 0 Å². The fourth-order valence-electron chi connectivity index (χ4n) is 2.28. The van der Waals surface area contributed by atoms with Gasteiger partial charge in [-0.1, -0.05) is 0 Å². The van der Waals surface area contributed by atoms with Gasteiger partial charge in [-0.05, 0) is 0 Å². The molecule has 1 aliphatic carbocycles. The van der Waals surface area contributed by atoms with E-state index in [4.69, 9.17) is 20.7 Å². The van der Waals surface area contributed by atoms with Crippen molar-refractivity contribution in [2.45, 2.75) is 5.54 Å². The molecular weight excluding hydrogens is 190 g/mol. The molecule has 2 fully saturated rings. The topological polar surface area (TPSA) is 110 Å². The number of rotatable bonds is 2.